The Hall–Kier alpha value is -2.41. The van der Waals surface area contributed by atoms with Crippen LogP contribution in [0.25, 0.3) is 11.3 Å². The first-order chi connectivity index (χ1) is 11.4. The van der Waals surface area contributed by atoms with Gasteiger partial charge in [-0.3, -0.25) is 0 Å². The minimum absolute atomic E-state index is 0.161. The molecule has 2 aromatic carbocycles. The summed E-state index contributed by atoms with van der Waals surface area (Å²) in [5.41, 5.74) is 0.365. The summed E-state index contributed by atoms with van der Waals surface area (Å²) in [7, 11) is 0. The summed E-state index contributed by atoms with van der Waals surface area (Å²) in [5.74, 6) is -0.324. The molecule has 0 saturated carbocycles. The minimum atomic E-state index is -4.54. The summed E-state index contributed by atoms with van der Waals surface area (Å²) in [4.78, 5) is 0. The summed E-state index contributed by atoms with van der Waals surface area (Å²) in [6.45, 7) is 0. The van der Waals surface area contributed by atoms with Gasteiger partial charge in [0.2, 0.25) is 0 Å². The van der Waals surface area contributed by atoms with Crippen molar-refractivity contribution in [2.24, 2.45) is 0 Å². The monoisotopic (exact) mass is 393 g/mol. The van der Waals surface area contributed by atoms with Gasteiger partial charge in [-0.05, 0) is 30.3 Å². The van der Waals surface area contributed by atoms with Gasteiger partial charge in [0.15, 0.2) is 5.82 Å². The van der Waals surface area contributed by atoms with Gasteiger partial charge in [0.1, 0.15) is 5.56 Å². The second-order valence-electron chi connectivity index (χ2n) is 4.99. The fourth-order valence-electron chi connectivity index (χ4n) is 2.12. The number of alkyl halides is 3. The van der Waals surface area contributed by atoms with E-state index in [4.69, 9.17) is 0 Å². The molecule has 1 N–H and O–H groups in total. The molecular weight excluding hydrogens is 383 g/mol. The summed E-state index contributed by atoms with van der Waals surface area (Å²) in [6, 6.07) is 16.4. The first-order valence-corrected chi connectivity index (χ1v) is 7.76. The summed E-state index contributed by atoms with van der Waals surface area (Å²) in [5, 5.41) is 10.3. The molecule has 3 aromatic rings. The highest BCUT2D eigenvalue weighted by molar-refractivity contribution is 9.10. The summed E-state index contributed by atoms with van der Waals surface area (Å²) in [6.07, 6.45) is -4.54. The van der Waals surface area contributed by atoms with Gasteiger partial charge < -0.3 is 5.32 Å². The number of para-hydroxylation sites is 1. The highest BCUT2D eigenvalue weighted by atomic mass is 79.9. The largest absolute Gasteiger partial charge is 0.420 e. The van der Waals surface area contributed by atoms with E-state index in [0.29, 0.717) is 11.3 Å². The Morgan fingerprint density at radius 1 is 0.875 bits per heavy atom. The summed E-state index contributed by atoms with van der Waals surface area (Å²) < 4.78 is 41.0. The number of hydrogen-bond acceptors (Lipinski definition) is 3. The smallest absolute Gasteiger partial charge is 0.338 e. The average Bonchev–Trinajstić information content (AvgIpc) is 2.56. The van der Waals surface area contributed by atoms with Crippen LogP contribution < -0.4 is 5.32 Å². The topological polar surface area (TPSA) is 37.8 Å². The number of hydrogen-bond donors (Lipinski definition) is 1. The Morgan fingerprint density at radius 2 is 1.54 bits per heavy atom. The van der Waals surface area contributed by atoms with E-state index in [9.17, 15) is 13.2 Å². The van der Waals surface area contributed by atoms with E-state index >= 15 is 0 Å². The molecule has 24 heavy (non-hydrogen) atoms. The third-order valence-electron chi connectivity index (χ3n) is 3.28. The highest BCUT2D eigenvalue weighted by Gasteiger charge is 2.35. The Bertz CT molecular complexity index is 834. The van der Waals surface area contributed by atoms with Crippen molar-refractivity contribution >= 4 is 27.4 Å². The normalized spacial score (nSPS) is 11.3. The van der Waals surface area contributed by atoms with E-state index in [-0.39, 0.29) is 11.5 Å². The predicted octanol–water partition coefficient (Wildman–Crippen LogP) is 5.67. The molecule has 0 atom stereocenters. The summed E-state index contributed by atoms with van der Waals surface area (Å²) >= 11 is 3.29. The number of benzene rings is 2. The number of anilines is 2. The zero-order valence-electron chi connectivity index (χ0n) is 12.2. The van der Waals surface area contributed by atoms with Gasteiger partial charge in [-0.2, -0.15) is 13.2 Å². The Balaban J connectivity index is 2.02. The second-order valence-corrected chi connectivity index (χ2v) is 5.90. The van der Waals surface area contributed by atoms with Gasteiger partial charge in [-0.1, -0.05) is 46.3 Å². The van der Waals surface area contributed by atoms with E-state index in [1.807, 2.05) is 0 Å². The Labute approximate surface area is 144 Å². The first kappa shape index (κ1) is 16.4. The van der Waals surface area contributed by atoms with Crippen molar-refractivity contribution in [1.29, 1.82) is 0 Å². The maximum atomic E-state index is 13.4. The lowest BCUT2D eigenvalue weighted by atomic mass is 10.1. The van der Waals surface area contributed by atoms with Crippen LogP contribution in [0.5, 0.6) is 0 Å². The van der Waals surface area contributed by atoms with Crippen molar-refractivity contribution in [2.75, 3.05) is 5.32 Å². The van der Waals surface area contributed by atoms with E-state index in [0.717, 1.165) is 10.5 Å². The van der Waals surface area contributed by atoms with Gasteiger partial charge in [-0.15, -0.1) is 10.2 Å². The van der Waals surface area contributed by atoms with Crippen LogP contribution in [0.4, 0.5) is 24.7 Å². The van der Waals surface area contributed by atoms with Gasteiger partial charge in [0.05, 0.1) is 5.69 Å². The van der Waals surface area contributed by atoms with E-state index in [2.05, 4.69) is 31.4 Å². The van der Waals surface area contributed by atoms with Gasteiger partial charge in [0, 0.05) is 15.7 Å². The van der Waals surface area contributed by atoms with Crippen molar-refractivity contribution in [1.82, 2.24) is 10.2 Å². The molecule has 3 nitrogen and oxygen atoms in total. The van der Waals surface area contributed by atoms with Crippen molar-refractivity contribution in [2.45, 2.75) is 6.18 Å². The Kier molecular flexibility index (Phi) is 4.53. The van der Waals surface area contributed by atoms with Crippen LogP contribution in [-0.4, -0.2) is 10.2 Å². The van der Waals surface area contributed by atoms with Gasteiger partial charge in [-0.25, -0.2) is 0 Å². The maximum Gasteiger partial charge on any atom is 0.420 e. The zero-order valence-corrected chi connectivity index (χ0v) is 13.8. The molecule has 0 spiro atoms. The highest BCUT2D eigenvalue weighted by Crippen LogP contribution is 2.36. The lowest BCUT2D eigenvalue weighted by Gasteiger charge is -2.14. The van der Waals surface area contributed by atoms with Crippen molar-refractivity contribution in [3.8, 4) is 11.3 Å². The van der Waals surface area contributed by atoms with Crippen molar-refractivity contribution < 1.29 is 13.2 Å². The molecule has 0 bridgehead atoms. The van der Waals surface area contributed by atoms with Crippen LogP contribution in [0.3, 0.4) is 0 Å². The van der Waals surface area contributed by atoms with E-state index < -0.39 is 11.7 Å². The Morgan fingerprint density at radius 3 is 2.17 bits per heavy atom. The number of aromatic nitrogens is 2. The molecule has 0 saturated heterocycles. The fraction of sp³-hybridized carbons (Fsp3) is 0.0588. The molecule has 0 radical (unpaired) electrons. The number of rotatable bonds is 3. The van der Waals surface area contributed by atoms with Crippen LogP contribution in [0, 0.1) is 0 Å². The van der Waals surface area contributed by atoms with Gasteiger partial charge in [0.25, 0.3) is 0 Å². The molecule has 1 heterocycles. The SMILES string of the molecule is FC(F)(F)c1cc(-c2ccc(Br)cc2)nnc1Nc1ccccc1. The molecular formula is C17H11BrF3N3. The number of nitrogens with zero attached hydrogens (tertiary/aromatic N) is 2. The van der Waals surface area contributed by atoms with Crippen LogP contribution in [-0.2, 0) is 6.18 Å². The molecule has 1 aromatic heterocycles. The zero-order chi connectivity index (χ0) is 17.2. The lowest BCUT2D eigenvalue weighted by Crippen LogP contribution is -2.12. The molecule has 122 valence electrons. The van der Waals surface area contributed by atoms with E-state index in [1.165, 1.54) is 0 Å². The number of nitrogens with one attached hydrogen (secondary N) is 1. The molecule has 3 rings (SSSR count). The second kappa shape index (κ2) is 6.60. The average molecular weight is 394 g/mol. The quantitative estimate of drug-likeness (QED) is 0.622. The van der Waals surface area contributed by atoms with E-state index in [1.54, 1.807) is 54.6 Å². The molecule has 7 heteroatoms. The predicted molar refractivity (Wildman–Crippen MR) is 89.9 cm³/mol. The van der Waals surface area contributed by atoms with Crippen LogP contribution >= 0.6 is 15.9 Å². The number of halogens is 4. The van der Waals surface area contributed by atoms with Crippen LogP contribution in [0.15, 0.2) is 65.1 Å². The standard InChI is InChI=1S/C17H11BrF3N3/c18-12-8-6-11(7-9-12)15-10-14(17(19,20)21)16(24-23-15)22-13-4-2-1-3-5-13/h1-10H,(H,22,24). The third kappa shape index (κ3) is 3.73. The molecule has 0 fully saturated rings. The molecule has 0 aliphatic heterocycles. The maximum absolute atomic E-state index is 13.4. The van der Waals surface area contributed by atoms with Crippen LogP contribution in [0.2, 0.25) is 0 Å². The minimum Gasteiger partial charge on any atom is -0.338 e. The lowest BCUT2D eigenvalue weighted by molar-refractivity contribution is -0.137. The van der Waals surface area contributed by atoms with Crippen molar-refractivity contribution in [3.05, 3.63) is 70.7 Å². The van der Waals surface area contributed by atoms with Crippen molar-refractivity contribution in [3.63, 3.8) is 0 Å². The molecule has 0 amide bonds. The van der Waals surface area contributed by atoms with Crippen LogP contribution in [0.1, 0.15) is 5.56 Å². The third-order valence-corrected chi connectivity index (χ3v) is 3.80. The van der Waals surface area contributed by atoms with Gasteiger partial charge >= 0.3 is 6.18 Å². The molecule has 0 aliphatic rings. The molecule has 0 unspecified atom stereocenters. The first-order valence-electron chi connectivity index (χ1n) is 6.96. The molecule has 0 aliphatic carbocycles. The fourth-order valence-corrected chi connectivity index (χ4v) is 2.38.